The van der Waals surface area contributed by atoms with Crippen LogP contribution in [0.25, 0.3) is 0 Å². The first kappa shape index (κ1) is 15.7. The molecule has 5 nitrogen and oxygen atoms in total. The van der Waals surface area contributed by atoms with E-state index in [0.29, 0.717) is 12.1 Å². The van der Waals surface area contributed by atoms with Crippen molar-refractivity contribution in [2.24, 2.45) is 0 Å². The molecule has 1 saturated carbocycles. The number of nitro benzene ring substituents is 1. The maximum Gasteiger partial charge on any atom is 0.269 e. The van der Waals surface area contributed by atoms with E-state index in [0.717, 1.165) is 12.8 Å². The van der Waals surface area contributed by atoms with E-state index in [1.54, 1.807) is 11.3 Å². The second-order valence-electron chi connectivity index (χ2n) is 5.99. The molecule has 1 aromatic carbocycles. The van der Waals surface area contributed by atoms with Gasteiger partial charge in [-0.05, 0) is 47.4 Å². The summed E-state index contributed by atoms with van der Waals surface area (Å²) in [5.41, 5.74) is 1.79. The van der Waals surface area contributed by atoms with Crippen molar-refractivity contribution in [2.45, 2.75) is 31.1 Å². The van der Waals surface area contributed by atoms with E-state index < -0.39 is 4.92 Å². The van der Waals surface area contributed by atoms with E-state index in [1.165, 1.54) is 42.7 Å². The molecule has 0 aliphatic heterocycles. The summed E-state index contributed by atoms with van der Waals surface area (Å²) in [5, 5.41) is 17.9. The van der Waals surface area contributed by atoms with E-state index in [4.69, 9.17) is 0 Å². The van der Waals surface area contributed by atoms with Gasteiger partial charge in [0.25, 0.3) is 11.6 Å². The molecule has 1 amide bonds. The first-order chi connectivity index (χ1) is 11.1. The third-order valence-corrected chi connectivity index (χ3v) is 5.31. The molecule has 1 heterocycles. The van der Waals surface area contributed by atoms with E-state index >= 15 is 0 Å². The Bertz CT molecular complexity index is 689. The lowest BCUT2D eigenvalue weighted by Crippen LogP contribution is -2.38. The largest absolute Gasteiger partial charge is 0.351 e. The topological polar surface area (TPSA) is 72.2 Å². The van der Waals surface area contributed by atoms with Gasteiger partial charge in [-0.1, -0.05) is 12.8 Å². The van der Waals surface area contributed by atoms with E-state index in [2.05, 4.69) is 22.1 Å². The molecule has 1 N–H and O–H groups in total. The molecule has 0 bridgehead atoms. The van der Waals surface area contributed by atoms with Crippen LogP contribution in [0.4, 0.5) is 5.69 Å². The molecule has 0 radical (unpaired) electrons. The first-order valence-electron chi connectivity index (χ1n) is 7.66. The first-order valence-corrected chi connectivity index (χ1v) is 8.60. The lowest BCUT2D eigenvalue weighted by Gasteiger charge is -2.28. The summed E-state index contributed by atoms with van der Waals surface area (Å²) >= 11 is 1.68. The van der Waals surface area contributed by atoms with E-state index in [-0.39, 0.29) is 17.0 Å². The van der Waals surface area contributed by atoms with Crippen LogP contribution >= 0.6 is 11.3 Å². The number of amides is 1. The molecular formula is C17H18N2O3S. The molecule has 1 aliphatic carbocycles. The molecule has 1 aromatic heterocycles. The Kier molecular flexibility index (Phi) is 4.43. The van der Waals surface area contributed by atoms with Gasteiger partial charge in [0.2, 0.25) is 0 Å². The van der Waals surface area contributed by atoms with Crippen LogP contribution < -0.4 is 5.32 Å². The lowest BCUT2D eigenvalue weighted by atomic mass is 9.80. The highest BCUT2D eigenvalue weighted by Gasteiger charge is 2.36. The van der Waals surface area contributed by atoms with Crippen LogP contribution in [0.15, 0.2) is 41.1 Å². The van der Waals surface area contributed by atoms with Crippen LogP contribution in [-0.4, -0.2) is 17.4 Å². The Balaban J connectivity index is 1.69. The Morgan fingerprint density at radius 2 is 1.91 bits per heavy atom. The Labute approximate surface area is 138 Å². The number of rotatable bonds is 5. The van der Waals surface area contributed by atoms with Crippen molar-refractivity contribution in [3.05, 3.63) is 62.3 Å². The number of nitrogens with zero attached hydrogens (tertiary/aromatic N) is 1. The molecule has 3 rings (SSSR count). The number of nitrogens with one attached hydrogen (secondary N) is 1. The Morgan fingerprint density at radius 1 is 1.22 bits per heavy atom. The van der Waals surface area contributed by atoms with Crippen LogP contribution in [0.2, 0.25) is 0 Å². The summed E-state index contributed by atoms with van der Waals surface area (Å²) < 4.78 is 0. The van der Waals surface area contributed by atoms with Crippen molar-refractivity contribution in [1.29, 1.82) is 0 Å². The van der Waals surface area contributed by atoms with Crippen molar-refractivity contribution < 1.29 is 9.72 Å². The summed E-state index contributed by atoms with van der Waals surface area (Å²) in [4.78, 5) is 22.5. The minimum Gasteiger partial charge on any atom is -0.351 e. The van der Waals surface area contributed by atoms with Crippen molar-refractivity contribution in [2.75, 3.05) is 6.54 Å². The number of hydrogen-bond donors (Lipinski definition) is 1. The fourth-order valence-corrected chi connectivity index (χ4v) is 4.05. The summed E-state index contributed by atoms with van der Waals surface area (Å²) in [6.45, 7) is 0.611. The fraction of sp³-hybridized carbons (Fsp3) is 0.353. The lowest BCUT2D eigenvalue weighted by molar-refractivity contribution is -0.384. The summed E-state index contributed by atoms with van der Waals surface area (Å²) in [5.74, 6) is -0.179. The van der Waals surface area contributed by atoms with Gasteiger partial charge in [-0.25, -0.2) is 0 Å². The molecule has 0 unspecified atom stereocenters. The maximum atomic E-state index is 12.3. The average Bonchev–Trinajstić information content (AvgIpc) is 3.24. The average molecular weight is 330 g/mol. The standard InChI is InChI=1S/C17H18N2O3S/c20-16(13-3-5-15(6-4-13)19(21)22)18-12-17(8-1-2-9-17)14-7-10-23-11-14/h3-7,10-11H,1-2,8-9,12H2,(H,18,20). The number of carbonyl (C=O) groups is 1. The van der Waals surface area contributed by atoms with Crippen LogP contribution in [0.1, 0.15) is 41.6 Å². The van der Waals surface area contributed by atoms with Crippen molar-refractivity contribution in [3.8, 4) is 0 Å². The number of carbonyl (C=O) groups excluding carboxylic acids is 1. The van der Waals surface area contributed by atoms with Gasteiger partial charge < -0.3 is 5.32 Å². The van der Waals surface area contributed by atoms with Crippen LogP contribution in [-0.2, 0) is 5.41 Å². The number of hydrogen-bond acceptors (Lipinski definition) is 4. The molecule has 2 aromatic rings. The molecule has 0 atom stereocenters. The normalized spacial score (nSPS) is 16.2. The summed E-state index contributed by atoms with van der Waals surface area (Å²) in [7, 11) is 0. The predicted molar refractivity (Wildman–Crippen MR) is 89.9 cm³/mol. The second kappa shape index (κ2) is 6.50. The van der Waals surface area contributed by atoms with Crippen molar-refractivity contribution in [3.63, 3.8) is 0 Å². The zero-order valence-corrected chi connectivity index (χ0v) is 13.5. The minimum atomic E-state index is -0.466. The molecular weight excluding hydrogens is 312 g/mol. The number of thiophene rings is 1. The van der Waals surface area contributed by atoms with E-state index in [9.17, 15) is 14.9 Å². The molecule has 6 heteroatoms. The SMILES string of the molecule is O=C(NCC1(c2ccsc2)CCCC1)c1ccc([N+](=O)[O-])cc1. The predicted octanol–water partition coefficient (Wildman–Crippen LogP) is 3.90. The van der Waals surface area contributed by atoms with Gasteiger partial charge in [0, 0.05) is 29.7 Å². The third kappa shape index (κ3) is 3.27. The zero-order chi connectivity index (χ0) is 16.3. The molecule has 1 aliphatic rings. The van der Waals surface area contributed by atoms with Gasteiger partial charge in [-0.2, -0.15) is 11.3 Å². The van der Waals surface area contributed by atoms with Gasteiger partial charge in [0.1, 0.15) is 0 Å². The number of nitro groups is 1. The highest BCUT2D eigenvalue weighted by Crippen LogP contribution is 2.41. The maximum absolute atomic E-state index is 12.3. The third-order valence-electron chi connectivity index (χ3n) is 4.62. The number of non-ortho nitro benzene ring substituents is 1. The van der Waals surface area contributed by atoms with Gasteiger partial charge in [0.15, 0.2) is 0 Å². The molecule has 0 spiro atoms. The quantitative estimate of drug-likeness (QED) is 0.667. The van der Waals surface area contributed by atoms with Crippen molar-refractivity contribution in [1.82, 2.24) is 5.32 Å². The van der Waals surface area contributed by atoms with Gasteiger partial charge in [-0.15, -0.1) is 0 Å². The number of benzene rings is 1. The zero-order valence-electron chi connectivity index (χ0n) is 12.7. The van der Waals surface area contributed by atoms with Gasteiger partial charge >= 0.3 is 0 Å². The Morgan fingerprint density at radius 3 is 2.48 bits per heavy atom. The summed E-state index contributed by atoms with van der Waals surface area (Å²) in [6.07, 6.45) is 4.54. The van der Waals surface area contributed by atoms with Crippen molar-refractivity contribution >= 4 is 22.9 Å². The molecule has 1 fully saturated rings. The summed E-state index contributed by atoms with van der Waals surface area (Å²) in [6, 6.07) is 7.87. The smallest absolute Gasteiger partial charge is 0.269 e. The van der Waals surface area contributed by atoms with Crippen LogP contribution in [0.3, 0.4) is 0 Å². The van der Waals surface area contributed by atoms with Gasteiger partial charge in [0.05, 0.1) is 4.92 Å². The monoisotopic (exact) mass is 330 g/mol. The molecule has 0 saturated heterocycles. The highest BCUT2D eigenvalue weighted by molar-refractivity contribution is 7.08. The highest BCUT2D eigenvalue weighted by atomic mass is 32.1. The van der Waals surface area contributed by atoms with Crippen LogP contribution in [0.5, 0.6) is 0 Å². The van der Waals surface area contributed by atoms with Gasteiger partial charge in [-0.3, -0.25) is 14.9 Å². The minimum absolute atomic E-state index is 0.00733. The Hall–Kier alpha value is -2.21. The molecule has 23 heavy (non-hydrogen) atoms. The fourth-order valence-electron chi connectivity index (χ4n) is 3.27. The van der Waals surface area contributed by atoms with E-state index in [1.807, 2.05) is 0 Å². The second-order valence-corrected chi connectivity index (χ2v) is 6.77. The van der Waals surface area contributed by atoms with Crippen LogP contribution in [0, 0.1) is 10.1 Å². The molecule has 120 valence electrons.